The van der Waals surface area contributed by atoms with Gasteiger partial charge in [-0.2, -0.15) is 4.31 Å². The van der Waals surface area contributed by atoms with E-state index in [4.69, 9.17) is 4.74 Å². The normalized spacial score (nSPS) is 17.1. The number of aromatic nitrogens is 1. The molecule has 33 heavy (non-hydrogen) atoms. The number of anilines is 1. The number of rotatable bonds is 6. The monoisotopic (exact) mass is 487 g/mol. The van der Waals surface area contributed by atoms with Crippen LogP contribution in [0, 0.1) is 12.8 Å². The molecule has 1 amide bonds. The summed E-state index contributed by atoms with van der Waals surface area (Å²) < 4.78 is 33.5. The molecule has 1 aliphatic heterocycles. The lowest BCUT2D eigenvalue weighted by molar-refractivity contribution is -0.149. The van der Waals surface area contributed by atoms with E-state index < -0.39 is 15.9 Å². The molecule has 2 aromatic carbocycles. The van der Waals surface area contributed by atoms with Crippen molar-refractivity contribution in [2.45, 2.75) is 31.6 Å². The van der Waals surface area contributed by atoms with Crippen molar-refractivity contribution in [2.24, 2.45) is 5.92 Å². The third kappa shape index (κ3) is 4.92. The van der Waals surface area contributed by atoms with Gasteiger partial charge in [-0.15, -0.1) is 0 Å². The van der Waals surface area contributed by atoms with Gasteiger partial charge in [0.05, 0.1) is 27.6 Å². The van der Waals surface area contributed by atoms with Crippen LogP contribution < -0.4 is 5.32 Å². The first-order valence-electron chi connectivity index (χ1n) is 10.7. The second-order valence-electron chi connectivity index (χ2n) is 7.87. The first-order chi connectivity index (χ1) is 15.8. The van der Waals surface area contributed by atoms with Crippen molar-refractivity contribution >= 4 is 48.6 Å². The molecule has 1 aliphatic rings. The molecule has 174 valence electrons. The maximum atomic E-state index is 13.1. The molecule has 0 saturated carbocycles. The maximum absolute atomic E-state index is 13.1. The topological polar surface area (TPSA) is 106 Å². The summed E-state index contributed by atoms with van der Waals surface area (Å²) >= 11 is 1.38. The number of hydrogen-bond acceptors (Lipinski definition) is 7. The van der Waals surface area contributed by atoms with Crippen molar-refractivity contribution in [1.82, 2.24) is 9.29 Å². The molecule has 1 N–H and O–H groups in total. The van der Waals surface area contributed by atoms with Crippen LogP contribution in [0.3, 0.4) is 0 Å². The molecule has 1 unspecified atom stereocenters. The Bertz CT molecular complexity index is 1290. The fourth-order valence-corrected chi connectivity index (χ4v) is 6.31. The van der Waals surface area contributed by atoms with Crippen molar-refractivity contribution in [3.63, 3.8) is 0 Å². The molecule has 3 aromatic rings. The minimum atomic E-state index is -3.78. The van der Waals surface area contributed by atoms with Gasteiger partial charge in [-0.3, -0.25) is 14.9 Å². The van der Waals surface area contributed by atoms with E-state index in [1.807, 2.05) is 25.1 Å². The van der Waals surface area contributed by atoms with Gasteiger partial charge in [0.1, 0.15) is 0 Å². The van der Waals surface area contributed by atoms with E-state index in [2.05, 4.69) is 10.3 Å². The van der Waals surface area contributed by atoms with Crippen LogP contribution in [-0.4, -0.2) is 49.3 Å². The summed E-state index contributed by atoms with van der Waals surface area (Å²) in [6.45, 7) is 4.40. The summed E-state index contributed by atoms with van der Waals surface area (Å²) in [5, 5.41) is 3.27. The standard InChI is InChI=1S/C23H25N3O5S2/c1-3-31-22(28)17-7-5-13-26(14-17)33(29,30)18-11-9-16(10-12-18)21(27)25-23-24-20-15(2)6-4-8-19(20)32-23/h4,6,8-12,17H,3,5,7,13-14H2,1-2H3,(H,24,25,27). The van der Waals surface area contributed by atoms with Crippen LogP contribution in [0.15, 0.2) is 47.4 Å². The summed E-state index contributed by atoms with van der Waals surface area (Å²) in [4.78, 5) is 29.3. The fraction of sp³-hybridized carbons (Fsp3) is 0.348. The quantitative estimate of drug-likeness (QED) is 0.530. The Morgan fingerprint density at radius 2 is 1.97 bits per heavy atom. The lowest BCUT2D eigenvalue weighted by Gasteiger charge is -2.30. The SMILES string of the molecule is CCOC(=O)C1CCCN(S(=O)(=O)c2ccc(C(=O)Nc3nc4c(C)cccc4s3)cc2)C1. The lowest BCUT2D eigenvalue weighted by atomic mass is 10.0. The predicted octanol–water partition coefficient (Wildman–Crippen LogP) is 3.82. The number of esters is 1. The highest BCUT2D eigenvalue weighted by molar-refractivity contribution is 7.89. The van der Waals surface area contributed by atoms with E-state index >= 15 is 0 Å². The van der Waals surface area contributed by atoms with Crippen LogP contribution >= 0.6 is 11.3 Å². The summed E-state index contributed by atoms with van der Waals surface area (Å²) in [7, 11) is -3.78. The average molecular weight is 488 g/mol. The van der Waals surface area contributed by atoms with Gasteiger partial charge in [0.15, 0.2) is 5.13 Å². The first kappa shape index (κ1) is 23.3. The van der Waals surface area contributed by atoms with E-state index in [1.54, 1.807) is 6.92 Å². The lowest BCUT2D eigenvalue weighted by Crippen LogP contribution is -2.42. The summed E-state index contributed by atoms with van der Waals surface area (Å²) in [5.41, 5.74) is 2.21. The minimum Gasteiger partial charge on any atom is -0.466 e. The van der Waals surface area contributed by atoms with Crippen LogP contribution in [0.5, 0.6) is 0 Å². The molecule has 1 aromatic heterocycles. The van der Waals surface area contributed by atoms with E-state index in [0.717, 1.165) is 15.8 Å². The van der Waals surface area contributed by atoms with Crippen molar-refractivity contribution in [2.75, 3.05) is 25.0 Å². The Balaban J connectivity index is 1.47. The fourth-order valence-electron chi connectivity index (χ4n) is 3.85. The Morgan fingerprint density at radius 1 is 1.21 bits per heavy atom. The van der Waals surface area contributed by atoms with E-state index in [0.29, 0.717) is 30.1 Å². The Kier molecular flexibility index (Phi) is 6.78. The summed E-state index contributed by atoms with van der Waals surface area (Å²) in [6.07, 6.45) is 1.19. The van der Waals surface area contributed by atoms with Gasteiger partial charge in [0.2, 0.25) is 10.0 Å². The van der Waals surface area contributed by atoms with Gasteiger partial charge in [-0.25, -0.2) is 13.4 Å². The second-order valence-corrected chi connectivity index (χ2v) is 10.8. The van der Waals surface area contributed by atoms with Gasteiger partial charge in [-0.05, 0) is 62.6 Å². The molecule has 1 saturated heterocycles. The summed E-state index contributed by atoms with van der Waals surface area (Å²) in [6, 6.07) is 11.6. The molecule has 0 bridgehead atoms. The number of nitrogens with zero attached hydrogens (tertiary/aromatic N) is 2. The number of thiazole rings is 1. The second kappa shape index (κ2) is 9.58. The zero-order valence-corrected chi connectivity index (χ0v) is 20.0. The number of benzene rings is 2. The molecule has 0 aliphatic carbocycles. The molecule has 10 heteroatoms. The highest BCUT2D eigenvalue weighted by Gasteiger charge is 2.34. The average Bonchev–Trinajstić information content (AvgIpc) is 3.23. The van der Waals surface area contributed by atoms with E-state index in [1.165, 1.54) is 39.9 Å². The van der Waals surface area contributed by atoms with Gasteiger partial charge in [-0.1, -0.05) is 23.5 Å². The number of carbonyl (C=O) groups is 2. The highest BCUT2D eigenvalue weighted by atomic mass is 32.2. The number of para-hydroxylation sites is 1. The van der Waals surface area contributed by atoms with E-state index in [-0.39, 0.29) is 29.9 Å². The largest absolute Gasteiger partial charge is 0.466 e. The van der Waals surface area contributed by atoms with Crippen molar-refractivity contribution in [3.05, 3.63) is 53.6 Å². The number of ether oxygens (including phenoxy) is 1. The number of piperidine rings is 1. The zero-order chi connectivity index (χ0) is 23.6. The van der Waals surface area contributed by atoms with Crippen LogP contribution in [0.25, 0.3) is 10.2 Å². The Labute approximate surface area is 196 Å². The van der Waals surface area contributed by atoms with Crippen LogP contribution in [-0.2, 0) is 19.6 Å². The van der Waals surface area contributed by atoms with Gasteiger partial charge < -0.3 is 4.74 Å². The van der Waals surface area contributed by atoms with Crippen molar-refractivity contribution in [3.8, 4) is 0 Å². The van der Waals surface area contributed by atoms with Crippen LogP contribution in [0.1, 0.15) is 35.7 Å². The number of fused-ring (bicyclic) bond motifs is 1. The Morgan fingerprint density at radius 3 is 2.67 bits per heavy atom. The molecule has 0 radical (unpaired) electrons. The molecule has 8 nitrogen and oxygen atoms in total. The molecule has 2 heterocycles. The van der Waals surface area contributed by atoms with Gasteiger partial charge >= 0.3 is 5.97 Å². The Hall–Kier alpha value is -2.82. The van der Waals surface area contributed by atoms with Crippen LogP contribution in [0.2, 0.25) is 0 Å². The third-order valence-corrected chi connectivity index (χ3v) is 8.41. The van der Waals surface area contributed by atoms with E-state index in [9.17, 15) is 18.0 Å². The van der Waals surface area contributed by atoms with Crippen molar-refractivity contribution < 1.29 is 22.7 Å². The van der Waals surface area contributed by atoms with Crippen molar-refractivity contribution in [1.29, 1.82) is 0 Å². The number of sulfonamides is 1. The number of hydrogen-bond donors (Lipinski definition) is 1. The maximum Gasteiger partial charge on any atom is 0.310 e. The van der Waals surface area contributed by atoms with Crippen LogP contribution in [0.4, 0.5) is 5.13 Å². The number of amides is 1. The number of aryl methyl sites for hydroxylation is 1. The minimum absolute atomic E-state index is 0.0826. The zero-order valence-electron chi connectivity index (χ0n) is 18.4. The number of carbonyl (C=O) groups excluding carboxylic acids is 2. The molecular weight excluding hydrogens is 462 g/mol. The molecule has 0 spiro atoms. The van der Waals surface area contributed by atoms with Gasteiger partial charge in [0.25, 0.3) is 5.91 Å². The smallest absolute Gasteiger partial charge is 0.310 e. The molecule has 1 fully saturated rings. The molecular formula is C23H25N3O5S2. The highest BCUT2D eigenvalue weighted by Crippen LogP contribution is 2.29. The predicted molar refractivity (Wildman–Crippen MR) is 127 cm³/mol. The number of nitrogens with one attached hydrogen (secondary N) is 1. The first-order valence-corrected chi connectivity index (χ1v) is 13.0. The third-order valence-electron chi connectivity index (χ3n) is 5.60. The molecule has 4 rings (SSSR count). The molecule has 1 atom stereocenters. The van der Waals surface area contributed by atoms with Gasteiger partial charge in [0, 0.05) is 18.7 Å². The summed E-state index contributed by atoms with van der Waals surface area (Å²) in [5.74, 6) is -1.19.